The minimum atomic E-state index is 1.08. The Balaban J connectivity index is 0.000000486. The number of hydrogen-bond acceptors (Lipinski definition) is 6. The zero-order chi connectivity index (χ0) is 63.3. The van der Waals surface area contributed by atoms with Crippen LogP contribution in [0, 0.1) is 83.1 Å². The van der Waals surface area contributed by atoms with E-state index >= 15 is 0 Å². The lowest BCUT2D eigenvalue weighted by atomic mass is 10.0. The minimum absolute atomic E-state index is 1.08. The van der Waals surface area contributed by atoms with E-state index in [1.165, 1.54) is 98.5 Å². The maximum atomic E-state index is 4.44. The summed E-state index contributed by atoms with van der Waals surface area (Å²) in [5, 5.41) is 11.3. The minimum Gasteiger partial charge on any atom is -0.264 e. The summed E-state index contributed by atoms with van der Waals surface area (Å²) in [5.74, 6) is 0. The largest absolute Gasteiger partial charge is 0.264 e. The van der Waals surface area contributed by atoms with Crippen molar-refractivity contribution in [2.75, 3.05) is 0 Å². The van der Waals surface area contributed by atoms with E-state index in [-0.39, 0.29) is 0 Å². The predicted octanol–water partition coefficient (Wildman–Crippen LogP) is 23.3. The van der Waals surface area contributed by atoms with Crippen LogP contribution in [0.4, 0.5) is 0 Å². The van der Waals surface area contributed by atoms with E-state index in [0.29, 0.717) is 0 Å². The van der Waals surface area contributed by atoms with Crippen LogP contribution in [0.1, 0.15) is 150 Å². The molecule has 0 aliphatic carbocycles. The maximum Gasteiger partial charge on any atom is 0.0733 e. The second-order valence-electron chi connectivity index (χ2n) is 18.8. The van der Waals surface area contributed by atoms with Crippen LogP contribution in [0.15, 0.2) is 183 Å². The van der Waals surface area contributed by atoms with Crippen LogP contribution in [-0.4, -0.2) is 29.9 Å². The number of fused-ring (bicyclic) bond motifs is 6. The summed E-state index contributed by atoms with van der Waals surface area (Å²) < 4.78 is 0. The molecule has 6 heterocycles. The molecule has 6 aromatic carbocycles. The highest BCUT2D eigenvalue weighted by atomic mass is 14.7. The second-order valence-corrected chi connectivity index (χ2v) is 18.8. The summed E-state index contributed by atoms with van der Waals surface area (Å²) in [4.78, 5) is 25.7. The van der Waals surface area contributed by atoms with Gasteiger partial charge in [-0.2, -0.15) is 0 Å². The van der Waals surface area contributed by atoms with Gasteiger partial charge >= 0.3 is 0 Å². The third kappa shape index (κ3) is 23.2. The maximum absolute atomic E-state index is 4.44. The van der Waals surface area contributed by atoms with Crippen molar-refractivity contribution in [3.63, 3.8) is 0 Å². The van der Waals surface area contributed by atoms with Crippen molar-refractivity contribution in [2.24, 2.45) is 0 Å². The monoisotopic (exact) mass is 1120 g/mol. The molecule has 0 fully saturated rings. The van der Waals surface area contributed by atoms with Gasteiger partial charge in [0, 0.05) is 86.6 Å². The highest BCUT2D eigenvalue weighted by molar-refractivity contribution is 5.89. The Bertz CT molecular complexity index is 3170. The number of nitrogens with zero attached hydrogens (tertiary/aromatic N) is 6. The molecule has 0 radical (unpaired) electrons. The molecule has 6 heteroatoms. The topological polar surface area (TPSA) is 77.3 Å². The highest BCUT2D eigenvalue weighted by Gasteiger charge is 2.02. The van der Waals surface area contributed by atoms with Crippen molar-refractivity contribution < 1.29 is 0 Å². The van der Waals surface area contributed by atoms with Gasteiger partial charge in [-0.15, -0.1) is 0 Å². The first-order chi connectivity index (χ1) is 40.6. The van der Waals surface area contributed by atoms with Crippen molar-refractivity contribution in [3.05, 3.63) is 250 Å². The number of aryl methyl sites for hydroxylation is 12. The van der Waals surface area contributed by atoms with Gasteiger partial charge < -0.3 is 0 Å². The molecule has 6 aromatic heterocycles. The number of rotatable bonds is 0. The molecule has 0 aliphatic heterocycles. The first kappa shape index (κ1) is 73.8. The molecule has 0 atom stereocenters. The van der Waals surface area contributed by atoms with E-state index in [9.17, 15) is 0 Å². The van der Waals surface area contributed by atoms with Crippen molar-refractivity contribution in [3.8, 4) is 0 Å². The van der Waals surface area contributed by atoms with E-state index in [1.54, 1.807) is 0 Å². The Labute approximate surface area is 508 Å². The smallest absolute Gasteiger partial charge is 0.0733 e. The Hall–Kier alpha value is -8.22. The Morgan fingerprint density at radius 3 is 1.04 bits per heavy atom. The van der Waals surface area contributed by atoms with Crippen molar-refractivity contribution in [2.45, 2.75) is 166 Å². The van der Waals surface area contributed by atoms with Gasteiger partial charge in [-0.05, 0) is 192 Å². The van der Waals surface area contributed by atoms with E-state index in [2.05, 4.69) is 220 Å². The van der Waals surface area contributed by atoms with Crippen LogP contribution < -0.4 is 0 Å². The number of aromatic nitrogens is 6. The summed E-state index contributed by atoms with van der Waals surface area (Å²) in [5.41, 5.74) is 18.1. The van der Waals surface area contributed by atoms with E-state index in [0.717, 1.165) is 33.6 Å². The van der Waals surface area contributed by atoms with Crippen LogP contribution >= 0.6 is 0 Å². The van der Waals surface area contributed by atoms with E-state index in [1.807, 2.05) is 159 Å². The van der Waals surface area contributed by atoms with Gasteiger partial charge in [-0.25, -0.2) is 0 Å². The van der Waals surface area contributed by atoms with Crippen molar-refractivity contribution in [1.82, 2.24) is 29.9 Å². The molecule has 444 valence electrons. The number of hydrogen-bond donors (Lipinski definition) is 0. The third-order valence-corrected chi connectivity index (χ3v) is 12.7. The molecule has 0 spiro atoms. The lowest BCUT2D eigenvalue weighted by Gasteiger charge is -2.03. The van der Waals surface area contributed by atoms with Gasteiger partial charge in [-0.1, -0.05) is 186 Å². The third-order valence-electron chi connectivity index (χ3n) is 12.7. The molecule has 0 saturated carbocycles. The molecule has 0 saturated heterocycles. The molecular weight excluding hydrogens is 1020 g/mol. The Morgan fingerprint density at radius 1 is 0.250 bits per heavy atom. The first-order valence-electron chi connectivity index (χ1n) is 30.6. The van der Waals surface area contributed by atoms with Crippen LogP contribution in [0.3, 0.4) is 0 Å². The van der Waals surface area contributed by atoms with Crippen LogP contribution in [-0.2, 0) is 0 Å². The van der Waals surface area contributed by atoms with Crippen molar-refractivity contribution in [1.29, 1.82) is 0 Å². The lowest BCUT2D eigenvalue weighted by molar-refractivity contribution is 1.22. The summed E-state index contributed by atoms with van der Waals surface area (Å²) in [6.45, 7) is 49.0. The molecule has 0 bridgehead atoms. The number of pyridine rings is 6. The fourth-order valence-electron chi connectivity index (χ4n) is 8.45. The normalized spacial score (nSPS) is 9.43. The molecule has 84 heavy (non-hydrogen) atoms. The average Bonchev–Trinajstić information content (AvgIpc) is 3.71. The summed E-state index contributed by atoms with van der Waals surface area (Å²) in [6.07, 6.45) is 11.3. The predicted molar refractivity (Wildman–Crippen MR) is 375 cm³/mol. The second kappa shape index (κ2) is 40.9. The standard InChI is InChI=1S/6C11H11N.6C2H6/c2*1-8-3-5-10-6-4-9(2)12-11(10)7-8;1-8-3-4-10-7-12-9(2)6-11(10)5-8;2*1-8-3-4-9(2)11-7-12-6-5-10(8)11;1-8-5-6-9(2)11-10(8)4-3-7-12-11;6*1-2/h6*3-7H,1-2H3;6*1-2H3. The van der Waals surface area contributed by atoms with Crippen LogP contribution in [0.2, 0.25) is 0 Å². The highest BCUT2D eigenvalue weighted by Crippen LogP contribution is 2.23. The summed E-state index contributed by atoms with van der Waals surface area (Å²) in [7, 11) is 0. The summed E-state index contributed by atoms with van der Waals surface area (Å²) in [6, 6.07) is 50.5. The van der Waals surface area contributed by atoms with Gasteiger partial charge in [0.25, 0.3) is 0 Å². The molecule has 12 rings (SSSR count). The fraction of sp³-hybridized carbons (Fsp3) is 0.308. The molecule has 6 nitrogen and oxygen atoms in total. The van der Waals surface area contributed by atoms with Gasteiger partial charge in [0.05, 0.1) is 16.6 Å². The molecule has 0 aliphatic rings. The first-order valence-corrected chi connectivity index (χ1v) is 30.6. The molecular formula is C78H102N6. The summed E-state index contributed by atoms with van der Waals surface area (Å²) >= 11 is 0. The Kier molecular flexibility index (Phi) is 35.9. The molecule has 0 N–H and O–H groups in total. The van der Waals surface area contributed by atoms with Gasteiger partial charge in [0.1, 0.15) is 0 Å². The molecule has 0 unspecified atom stereocenters. The lowest BCUT2D eigenvalue weighted by Crippen LogP contribution is -1.84. The van der Waals surface area contributed by atoms with Gasteiger partial charge in [0.15, 0.2) is 0 Å². The van der Waals surface area contributed by atoms with Gasteiger partial charge in [-0.3, -0.25) is 29.9 Å². The molecule has 12 aromatic rings. The quantitative estimate of drug-likeness (QED) is 0.151. The molecule has 0 amide bonds. The Morgan fingerprint density at radius 2 is 0.619 bits per heavy atom. The van der Waals surface area contributed by atoms with E-state index < -0.39 is 0 Å². The SMILES string of the molecule is CC.CC.CC.CC.CC.CC.Cc1ccc(C)c2cnccc12.Cc1ccc(C)c2cnccc12.Cc1ccc(C)c2ncccc12.Cc1ccc2ccc(C)nc2c1.Cc1ccc2ccc(C)nc2c1.Cc1ccc2cnc(C)cc2c1. The van der Waals surface area contributed by atoms with Gasteiger partial charge in [0.2, 0.25) is 0 Å². The zero-order valence-electron chi connectivity index (χ0n) is 56.0. The van der Waals surface area contributed by atoms with Crippen LogP contribution in [0.25, 0.3) is 65.0 Å². The van der Waals surface area contributed by atoms with Crippen molar-refractivity contribution >= 4 is 65.0 Å². The number of benzene rings is 6. The average molecular weight is 1120 g/mol. The van der Waals surface area contributed by atoms with Crippen LogP contribution in [0.5, 0.6) is 0 Å². The zero-order valence-corrected chi connectivity index (χ0v) is 56.0. The van der Waals surface area contributed by atoms with E-state index in [4.69, 9.17) is 0 Å². The fourth-order valence-corrected chi connectivity index (χ4v) is 8.45.